The highest BCUT2D eigenvalue weighted by Gasteiger charge is 2.18. The number of nitrogens with one attached hydrogen (secondary N) is 2. The average Bonchev–Trinajstić information content (AvgIpc) is 2.57. The fourth-order valence-corrected chi connectivity index (χ4v) is 2.35. The Morgan fingerprint density at radius 1 is 1.00 bits per heavy atom. The van der Waals surface area contributed by atoms with Crippen LogP contribution in [0.5, 0.6) is 5.75 Å². The lowest BCUT2D eigenvalue weighted by atomic mass is 10.1. The summed E-state index contributed by atoms with van der Waals surface area (Å²) in [5.74, 6) is -0.180. The van der Waals surface area contributed by atoms with Gasteiger partial charge in [0, 0.05) is 11.3 Å². The smallest absolute Gasteiger partial charge is 0.325 e. The third-order valence-corrected chi connectivity index (χ3v) is 3.81. The summed E-state index contributed by atoms with van der Waals surface area (Å²) >= 11 is 0. The van der Waals surface area contributed by atoms with Crippen LogP contribution in [-0.4, -0.2) is 23.8 Å². The lowest BCUT2D eigenvalue weighted by molar-refractivity contribution is -0.126. The van der Waals surface area contributed by atoms with Crippen LogP contribution in [0, 0.1) is 13.8 Å². The summed E-state index contributed by atoms with van der Waals surface area (Å²) in [5, 5.41) is 4.89. The molecule has 2 aromatic carbocycles. The number of carbonyl (C=O) groups is 3. The third-order valence-electron chi connectivity index (χ3n) is 3.81. The molecule has 2 N–H and O–H groups in total. The number of imide groups is 1. The maximum absolute atomic E-state index is 12.1. The van der Waals surface area contributed by atoms with E-state index in [0.717, 1.165) is 11.1 Å². The largest absolute Gasteiger partial charge is 0.481 e. The Hall–Kier alpha value is -3.15. The Labute approximate surface area is 152 Å². The van der Waals surface area contributed by atoms with E-state index in [9.17, 15) is 14.4 Å². The number of hydrogen-bond donors (Lipinski definition) is 2. The molecule has 6 nitrogen and oxygen atoms in total. The number of Topliss-reactive ketones (excluding diaryl/α,β-unsaturated/α-hetero) is 1. The van der Waals surface area contributed by atoms with Crippen LogP contribution in [0.25, 0.3) is 0 Å². The van der Waals surface area contributed by atoms with Gasteiger partial charge in [0.05, 0.1) is 0 Å². The molecule has 0 aliphatic heterocycles. The van der Waals surface area contributed by atoms with E-state index in [2.05, 4.69) is 10.6 Å². The molecule has 0 saturated carbocycles. The molecule has 0 aromatic heterocycles. The van der Waals surface area contributed by atoms with E-state index in [1.54, 1.807) is 37.3 Å². The SMILES string of the molecule is CC(=O)c1ccc(O[C@H](C)C(=O)NC(=O)Nc2ccc(C)cc2C)cc1. The van der Waals surface area contributed by atoms with E-state index in [-0.39, 0.29) is 5.78 Å². The molecule has 0 spiro atoms. The van der Waals surface area contributed by atoms with Gasteiger partial charge in [-0.3, -0.25) is 14.9 Å². The van der Waals surface area contributed by atoms with E-state index in [1.165, 1.54) is 6.92 Å². The van der Waals surface area contributed by atoms with Crippen molar-refractivity contribution in [1.82, 2.24) is 5.32 Å². The first-order valence-electron chi connectivity index (χ1n) is 8.23. The van der Waals surface area contributed by atoms with Gasteiger partial charge in [0.1, 0.15) is 5.75 Å². The van der Waals surface area contributed by atoms with Crippen molar-refractivity contribution < 1.29 is 19.1 Å². The highest BCUT2D eigenvalue weighted by atomic mass is 16.5. The maximum atomic E-state index is 12.1. The fraction of sp³-hybridized carbons (Fsp3) is 0.250. The number of urea groups is 1. The van der Waals surface area contributed by atoms with Crippen LogP contribution in [0.4, 0.5) is 10.5 Å². The molecule has 0 bridgehead atoms. The summed E-state index contributed by atoms with van der Waals surface area (Å²) in [6.07, 6.45) is -0.872. The quantitative estimate of drug-likeness (QED) is 0.803. The van der Waals surface area contributed by atoms with Gasteiger partial charge in [-0.05, 0) is 63.6 Å². The summed E-state index contributed by atoms with van der Waals surface area (Å²) in [4.78, 5) is 35.4. The Morgan fingerprint density at radius 3 is 2.23 bits per heavy atom. The molecule has 0 fully saturated rings. The topological polar surface area (TPSA) is 84.5 Å². The van der Waals surface area contributed by atoms with E-state index in [1.807, 2.05) is 26.0 Å². The zero-order valence-electron chi connectivity index (χ0n) is 15.3. The van der Waals surface area contributed by atoms with Crippen molar-refractivity contribution in [2.24, 2.45) is 0 Å². The second kappa shape index (κ2) is 8.29. The van der Waals surface area contributed by atoms with Crippen molar-refractivity contribution in [3.8, 4) is 5.75 Å². The molecule has 2 aromatic rings. The van der Waals surface area contributed by atoms with Crippen molar-refractivity contribution in [3.63, 3.8) is 0 Å². The van der Waals surface area contributed by atoms with Crippen molar-refractivity contribution in [2.45, 2.75) is 33.8 Å². The van der Waals surface area contributed by atoms with Crippen LogP contribution in [0.15, 0.2) is 42.5 Å². The number of ether oxygens (including phenoxy) is 1. The van der Waals surface area contributed by atoms with Crippen LogP contribution in [0.1, 0.15) is 35.3 Å². The van der Waals surface area contributed by atoms with Crippen molar-refractivity contribution in [2.75, 3.05) is 5.32 Å². The van der Waals surface area contributed by atoms with Crippen LogP contribution in [-0.2, 0) is 4.79 Å². The molecule has 2 rings (SSSR count). The minimum atomic E-state index is -0.872. The average molecular weight is 354 g/mol. The molecule has 1 atom stereocenters. The third kappa shape index (κ3) is 5.17. The molecule has 3 amide bonds. The predicted molar refractivity (Wildman–Crippen MR) is 99.6 cm³/mol. The van der Waals surface area contributed by atoms with Gasteiger partial charge >= 0.3 is 6.03 Å². The number of benzene rings is 2. The summed E-state index contributed by atoms with van der Waals surface area (Å²) in [7, 11) is 0. The standard InChI is InChI=1S/C20H22N2O4/c1-12-5-10-18(13(2)11-12)21-20(25)22-19(24)15(4)26-17-8-6-16(7-9-17)14(3)23/h5-11,15H,1-4H3,(H2,21,22,24,25)/t15-/m1/s1. The van der Waals surface area contributed by atoms with Gasteiger partial charge in [0.2, 0.25) is 0 Å². The van der Waals surface area contributed by atoms with E-state index in [0.29, 0.717) is 17.0 Å². The van der Waals surface area contributed by atoms with Gasteiger partial charge in [-0.25, -0.2) is 4.79 Å². The monoisotopic (exact) mass is 354 g/mol. The zero-order valence-corrected chi connectivity index (χ0v) is 15.3. The van der Waals surface area contributed by atoms with E-state index < -0.39 is 18.0 Å². The molecule has 0 aliphatic carbocycles. The summed E-state index contributed by atoms with van der Waals surface area (Å²) in [6.45, 7) is 6.85. The molecule has 6 heteroatoms. The van der Waals surface area contributed by atoms with E-state index in [4.69, 9.17) is 4.74 Å². The summed E-state index contributed by atoms with van der Waals surface area (Å²) < 4.78 is 5.50. The highest BCUT2D eigenvalue weighted by Crippen LogP contribution is 2.16. The Bertz CT molecular complexity index is 828. The molecule has 0 saturated heterocycles. The Balaban J connectivity index is 1.91. The summed E-state index contributed by atoms with van der Waals surface area (Å²) in [6, 6.07) is 11.4. The lowest BCUT2D eigenvalue weighted by Gasteiger charge is -2.15. The highest BCUT2D eigenvalue weighted by molar-refractivity contribution is 6.02. The number of rotatable bonds is 5. The van der Waals surface area contributed by atoms with Crippen LogP contribution >= 0.6 is 0 Å². The first-order valence-corrected chi connectivity index (χ1v) is 8.23. The number of aryl methyl sites for hydroxylation is 2. The second-order valence-corrected chi connectivity index (χ2v) is 6.10. The van der Waals surface area contributed by atoms with Gasteiger partial charge in [0.15, 0.2) is 11.9 Å². The summed E-state index contributed by atoms with van der Waals surface area (Å²) in [5.41, 5.74) is 3.18. The lowest BCUT2D eigenvalue weighted by Crippen LogP contribution is -2.42. The molecule has 0 unspecified atom stereocenters. The normalized spacial score (nSPS) is 11.4. The van der Waals surface area contributed by atoms with Crippen LogP contribution in [0.3, 0.4) is 0 Å². The number of anilines is 1. The number of ketones is 1. The minimum absolute atomic E-state index is 0.0505. The van der Waals surface area contributed by atoms with Gasteiger partial charge in [0.25, 0.3) is 5.91 Å². The fourth-order valence-electron chi connectivity index (χ4n) is 2.35. The van der Waals surface area contributed by atoms with Gasteiger partial charge in [-0.2, -0.15) is 0 Å². The molecular weight excluding hydrogens is 332 g/mol. The first kappa shape index (κ1) is 19.2. The van der Waals surface area contributed by atoms with Crippen molar-refractivity contribution in [1.29, 1.82) is 0 Å². The number of hydrogen-bond acceptors (Lipinski definition) is 4. The van der Waals surface area contributed by atoms with Gasteiger partial charge in [-0.15, -0.1) is 0 Å². The molecule has 0 radical (unpaired) electrons. The second-order valence-electron chi connectivity index (χ2n) is 6.10. The van der Waals surface area contributed by atoms with Crippen LogP contribution < -0.4 is 15.4 Å². The Kier molecular flexibility index (Phi) is 6.11. The predicted octanol–water partition coefficient (Wildman–Crippen LogP) is 3.62. The Morgan fingerprint density at radius 2 is 1.65 bits per heavy atom. The van der Waals surface area contributed by atoms with Crippen molar-refractivity contribution >= 4 is 23.4 Å². The van der Waals surface area contributed by atoms with Crippen LogP contribution in [0.2, 0.25) is 0 Å². The molecule has 26 heavy (non-hydrogen) atoms. The van der Waals surface area contributed by atoms with Gasteiger partial charge in [-0.1, -0.05) is 17.7 Å². The zero-order chi connectivity index (χ0) is 19.3. The van der Waals surface area contributed by atoms with E-state index >= 15 is 0 Å². The van der Waals surface area contributed by atoms with Crippen molar-refractivity contribution in [3.05, 3.63) is 59.2 Å². The number of carbonyl (C=O) groups excluding carboxylic acids is 3. The van der Waals surface area contributed by atoms with Gasteiger partial charge < -0.3 is 10.1 Å². The number of amides is 3. The molecule has 136 valence electrons. The maximum Gasteiger partial charge on any atom is 0.325 e. The molecule has 0 aliphatic rings. The molecular formula is C20H22N2O4. The molecule has 0 heterocycles. The first-order chi connectivity index (χ1) is 12.3. The minimum Gasteiger partial charge on any atom is -0.481 e.